The minimum atomic E-state index is -1.18. The fraction of sp³-hybridized carbons (Fsp3) is 0.559. The second kappa shape index (κ2) is 17.2. The summed E-state index contributed by atoms with van der Waals surface area (Å²) < 4.78 is 28.1. The summed E-state index contributed by atoms with van der Waals surface area (Å²) >= 11 is 0. The van der Waals surface area contributed by atoms with E-state index in [2.05, 4.69) is 10.6 Å². The first-order valence-corrected chi connectivity index (χ1v) is 15.9. The van der Waals surface area contributed by atoms with Gasteiger partial charge in [-0.2, -0.15) is 0 Å². The Kier molecular flexibility index (Phi) is 13.7. The van der Waals surface area contributed by atoms with Crippen molar-refractivity contribution in [2.24, 2.45) is 0 Å². The van der Waals surface area contributed by atoms with Crippen LogP contribution in [0, 0.1) is 18.6 Å². The summed E-state index contributed by atoms with van der Waals surface area (Å²) in [6.07, 6.45) is 3.63. The molecular formula is C34H48F2N4O4. The maximum Gasteiger partial charge on any atom is 0.253 e. The van der Waals surface area contributed by atoms with Crippen molar-refractivity contribution in [2.75, 3.05) is 32.7 Å². The maximum absolute atomic E-state index is 14.0. The van der Waals surface area contributed by atoms with Crippen molar-refractivity contribution in [1.82, 2.24) is 20.4 Å². The van der Waals surface area contributed by atoms with E-state index in [-0.39, 0.29) is 35.9 Å². The van der Waals surface area contributed by atoms with E-state index in [1.807, 2.05) is 25.7 Å². The van der Waals surface area contributed by atoms with Gasteiger partial charge in [-0.1, -0.05) is 20.8 Å². The minimum absolute atomic E-state index is 0.0125. The van der Waals surface area contributed by atoms with Gasteiger partial charge in [-0.15, -0.1) is 0 Å². The number of likely N-dealkylation sites (tertiary alicyclic amines) is 1. The van der Waals surface area contributed by atoms with Crippen LogP contribution in [0.2, 0.25) is 0 Å². The molecule has 1 aliphatic rings. The van der Waals surface area contributed by atoms with Gasteiger partial charge in [0.15, 0.2) is 0 Å². The molecule has 1 heterocycles. The van der Waals surface area contributed by atoms with Crippen molar-refractivity contribution in [3.05, 3.63) is 70.3 Å². The highest BCUT2D eigenvalue weighted by atomic mass is 19.1. The van der Waals surface area contributed by atoms with Gasteiger partial charge in [0.1, 0.15) is 11.6 Å². The molecule has 10 heteroatoms. The molecule has 0 aliphatic carbocycles. The van der Waals surface area contributed by atoms with Gasteiger partial charge in [-0.3, -0.25) is 14.4 Å². The molecule has 44 heavy (non-hydrogen) atoms. The monoisotopic (exact) mass is 614 g/mol. The summed E-state index contributed by atoms with van der Waals surface area (Å²) in [7, 11) is 0. The lowest BCUT2D eigenvalue weighted by atomic mass is 9.99. The predicted molar refractivity (Wildman–Crippen MR) is 168 cm³/mol. The summed E-state index contributed by atoms with van der Waals surface area (Å²) in [6.45, 7) is 10.4. The molecule has 2 aromatic rings. The van der Waals surface area contributed by atoms with Gasteiger partial charge < -0.3 is 25.5 Å². The maximum atomic E-state index is 14.0. The third-order valence-corrected chi connectivity index (χ3v) is 7.87. The average Bonchev–Trinajstić information content (AvgIpc) is 3.15. The molecule has 3 amide bonds. The van der Waals surface area contributed by atoms with Gasteiger partial charge in [0, 0.05) is 49.9 Å². The van der Waals surface area contributed by atoms with Gasteiger partial charge >= 0.3 is 0 Å². The van der Waals surface area contributed by atoms with E-state index in [9.17, 15) is 28.3 Å². The fourth-order valence-electron chi connectivity index (χ4n) is 5.78. The molecule has 0 aromatic heterocycles. The van der Waals surface area contributed by atoms with Crippen LogP contribution in [0.25, 0.3) is 0 Å². The lowest BCUT2D eigenvalue weighted by Gasteiger charge is -2.28. The lowest BCUT2D eigenvalue weighted by molar-refractivity contribution is -0.133. The Hall–Kier alpha value is -3.37. The number of nitrogens with zero attached hydrogens (tertiary/aromatic N) is 2. The molecule has 1 saturated heterocycles. The van der Waals surface area contributed by atoms with Crippen LogP contribution in [0.1, 0.15) is 91.1 Å². The molecule has 0 spiro atoms. The summed E-state index contributed by atoms with van der Waals surface area (Å²) in [5.74, 6) is -2.22. The van der Waals surface area contributed by atoms with Crippen molar-refractivity contribution in [2.45, 2.75) is 90.8 Å². The molecule has 242 valence electrons. The van der Waals surface area contributed by atoms with Gasteiger partial charge in [0.2, 0.25) is 5.91 Å². The second-order valence-corrected chi connectivity index (χ2v) is 11.8. The van der Waals surface area contributed by atoms with Crippen LogP contribution in [0.15, 0.2) is 36.4 Å². The van der Waals surface area contributed by atoms with Crippen LogP contribution >= 0.6 is 0 Å². The number of aliphatic hydroxyl groups is 1. The number of aliphatic hydroxyl groups excluding tert-OH is 1. The van der Waals surface area contributed by atoms with Crippen molar-refractivity contribution in [1.29, 1.82) is 0 Å². The number of carbonyl (C=O) groups is 3. The molecule has 8 nitrogen and oxygen atoms in total. The van der Waals surface area contributed by atoms with Gasteiger partial charge in [0.05, 0.1) is 18.2 Å². The summed E-state index contributed by atoms with van der Waals surface area (Å²) in [5, 5.41) is 17.3. The van der Waals surface area contributed by atoms with Crippen molar-refractivity contribution >= 4 is 17.7 Å². The van der Waals surface area contributed by atoms with Gasteiger partial charge in [0.25, 0.3) is 11.8 Å². The number of hydrogen-bond donors (Lipinski definition) is 3. The number of halogens is 2. The molecular weight excluding hydrogens is 566 g/mol. The molecule has 1 fully saturated rings. The van der Waals surface area contributed by atoms with Crippen LogP contribution in [-0.2, 0) is 11.2 Å². The highest BCUT2D eigenvalue weighted by Gasteiger charge is 2.29. The molecule has 0 bridgehead atoms. The number of amides is 3. The number of nitrogens with one attached hydrogen (secondary N) is 2. The predicted octanol–water partition coefficient (Wildman–Crippen LogP) is 4.62. The molecule has 3 atom stereocenters. The Labute approximate surface area is 260 Å². The molecule has 2 aromatic carbocycles. The molecule has 0 saturated carbocycles. The molecule has 3 rings (SSSR count). The van der Waals surface area contributed by atoms with Crippen LogP contribution < -0.4 is 10.6 Å². The van der Waals surface area contributed by atoms with Crippen LogP contribution in [-0.4, -0.2) is 83.5 Å². The van der Waals surface area contributed by atoms with E-state index in [0.29, 0.717) is 38.2 Å². The van der Waals surface area contributed by atoms with Crippen molar-refractivity contribution < 1.29 is 28.3 Å². The van der Waals surface area contributed by atoms with Crippen LogP contribution in [0.4, 0.5) is 8.78 Å². The number of rotatable bonds is 15. The SMILES string of the molecule is CCCN(CCC)C(=O)c1cc(C)cc(C(=O)NC(Cc2cc(F)cc(F)c2)C(O)CN[C@@H]2CCCCN(CCC)C2=O)c1. The van der Waals surface area contributed by atoms with E-state index >= 15 is 0 Å². The average molecular weight is 615 g/mol. The van der Waals surface area contributed by atoms with E-state index in [4.69, 9.17) is 0 Å². The molecule has 3 N–H and O–H groups in total. The Morgan fingerprint density at radius 3 is 2.27 bits per heavy atom. The normalized spacial score (nSPS) is 16.8. The third kappa shape index (κ3) is 10.1. The van der Waals surface area contributed by atoms with E-state index < -0.39 is 35.7 Å². The smallest absolute Gasteiger partial charge is 0.253 e. The number of benzene rings is 2. The molecule has 0 radical (unpaired) electrons. The van der Waals surface area contributed by atoms with Crippen LogP contribution in [0.5, 0.6) is 0 Å². The fourth-order valence-corrected chi connectivity index (χ4v) is 5.78. The Morgan fingerprint density at radius 1 is 0.977 bits per heavy atom. The molecule has 2 unspecified atom stereocenters. The second-order valence-electron chi connectivity index (χ2n) is 11.8. The number of aryl methyl sites for hydroxylation is 1. The summed E-state index contributed by atoms with van der Waals surface area (Å²) in [6, 6.07) is 6.63. The number of carbonyl (C=O) groups excluding carboxylic acids is 3. The quantitative estimate of drug-likeness (QED) is 0.272. The first-order chi connectivity index (χ1) is 21.1. The Balaban J connectivity index is 1.83. The van der Waals surface area contributed by atoms with Crippen molar-refractivity contribution in [3.8, 4) is 0 Å². The highest BCUT2D eigenvalue weighted by molar-refractivity contribution is 6.00. The molecule has 1 aliphatic heterocycles. The van der Waals surface area contributed by atoms with Crippen molar-refractivity contribution in [3.63, 3.8) is 0 Å². The topological polar surface area (TPSA) is 102 Å². The van der Waals surface area contributed by atoms with Gasteiger partial charge in [-0.25, -0.2) is 8.78 Å². The standard InChI is InChI=1S/C34H48F2N4O4/c1-5-11-39(12-6-2)33(43)26-16-23(4)15-25(20-26)32(42)38-30(19-24-17-27(35)21-28(36)18-24)31(41)22-37-29-10-8-9-14-40(13-7-3)34(29)44/h15-18,20-21,29-31,37,41H,5-14,19,22H2,1-4H3,(H,38,42)/t29-,30?,31?/m1/s1. The Bertz CT molecular complexity index is 1250. The zero-order valence-electron chi connectivity index (χ0n) is 26.5. The third-order valence-electron chi connectivity index (χ3n) is 7.87. The minimum Gasteiger partial charge on any atom is -0.390 e. The first kappa shape index (κ1) is 35.1. The lowest BCUT2D eigenvalue weighted by Crippen LogP contribution is -2.52. The summed E-state index contributed by atoms with van der Waals surface area (Å²) in [5.41, 5.74) is 1.63. The largest absolute Gasteiger partial charge is 0.390 e. The van der Waals surface area contributed by atoms with E-state index in [0.717, 1.165) is 43.7 Å². The zero-order valence-corrected chi connectivity index (χ0v) is 26.5. The van der Waals surface area contributed by atoms with E-state index in [1.165, 1.54) is 12.1 Å². The highest BCUT2D eigenvalue weighted by Crippen LogP contribution is 2.17. The Morgan fingerprint density at radius 2 is 1.64 bits per heavy atom. The first-order valence-electron chi connectivity index (χ1n) is 15.9. The van der Waals surface area contributed by atoms with Gasteiger partial charge in [-0.05, 0) is 93.3 Å². The zero-order chi connectivity index (χ0) is 32.2. The summed E-state index contributed by atoms with van der Waals surface area (Å²) in [4.78, 5) is 43.6. The van der Waals surface area contributed by atoms with Crippen LogP contribution in [0.3, 0.4) is 0 Å². The number of hydrogen-bond acceptors (Lipinski definition) is 5. The van der Waals surface area contributed by atoms with E-state index in [1.54, 1.807) is 30.0 Å².